The van der Waals surface area contributed by atoms with Crippen molar-refractivity contribution in [3.63, 3.8) is 0 Å². The van der Waals surface area contributed by atoms with Crippen molar-refractivity contribution in [3.8, 4) is 0 Å². The number of alkyl halides is 3. The van der Waals surface area contributed by atoms with Crippen molar-refractivity contribution in [1.29, 1.82) is 0 Å². The zero-order chi connectivity index (χ0) is 10.8. The molecule has 0 saturated heterocycles. The van der Waals surface area contributed by atoms with Gasteiger partial charge in [-0.1, -0.05) is 19.1 Å². The molecule has 3 nitrogen and oxygen atoms in total. The predicted molar refractivity (Wildman–Crippen MR) is 44.7 cm³/mol. The monoisotopic (exact) mass is 207 g/mol. The average molecular weight is 207 g/mol. The summed E-state index contributed by atoms with van der Waals surface area (Å²) in [4.78, 5) is 0. The van der Waals surface area contributed by atoms with Crippen LogP contribution in [0.25, 0.3) is 0 Å². The van der Waals surface area contributed by atoms with Gasteiger partial charge in [-0.05, 0) is 12.8 Å². The molecule has 0 aliphatic heterocycles. The summed E-state index contributed by atoms with van der Waals surface area (Å²) in [5.41, 5.74) is -0.687. The van der Waals surface area contributed by atoms with E-state index in [1.54, 1.807) is 13.8 Å². The molecule has 0 aliphatic carbocycles. The van der Waals surface area contributed by atoms with Gasteiger partial charge in [0.15, 0.2) is 5.69 Å². The van der Waals surface area contributed by atoms with Crippen LogP contribution in [0.1, 0.15) is 31.7 Å². The Kier molecular flexibility index (Phi) is 3.13. The molecule has 0 amide bonds. The molecule has 6 heteroatoms. The number of aromatic nitrogens is 3. The molecule has 0 aromatic carbocycles. The fourth-order valence-electron chi connectivity index (χ4n) is 1.27. The number of aryl methyl sites for hydroxylation is 2. The lowest BCUT2D eigenvalue weighted by Crippen LogP contribution is -2.16. The van der Waals surface area contributed by atoms with E-state index < -0.39 is 11.9 Å². The van der Waals surface area contributed by atoms with Crippen molar-refractivity contribution in [2.24, 2.45) is 0 Å². The molecule has 0 radical (unpaired) electrons. The molecular weight excluding hydrogens is 195 g/mol. The second-order valence-electron chi connectivity index (χ2n) is 2.96. The zero-order valence-corrected chi connectivity index (χ0v) is 8.10. The van der Waals surface area contributed by atoms with E-state index >= 15 is 0 Å². The average Bonchev–Trinajstić information content (AvgIpc) is 2.47. The fourth-order valence-corrected chi connectivity index (χ4v) is 1.27. The predicted octanol–water partition coefficient (Wildman–Crippen LogP) is 2.27. The van der Waals surface area contributed by atoms with Crippen LogP contribution in [0.2, 0.25) is 0 Å². The van der Waals surface area contributed by atoms with Gasteiger partial charge in [0, 0.05) is 6.54 Å². The van der Waals surface area contributed by atoms with E-state index in [0.29, 0.717) is 6.42 Å². The number of hydrogen-bond acceptors (Lipinski definition) is 2. The summed E-state index contributed by atoms with van der Waals surface area (Å²) in [7, 11) is 0. The van der Waals surface area contributed by atoms with Crippen LogP contribution in [-0.2, 0) is 19.1 Å². The first-order chi connectivity index (χ1) is 6.50. The molecule has 0 unspecified atom stereocenters. The molecule has 1 aromatic heterocycles. The molecule has 1 rings (SSSR count). The molecule has 0 bridgehead atoms. The van der Waals surface area contributed by atoms with Crippen LogP contribution in [-0.4, -0.2) is 15.0 Å². The maximum absolute atomic E-state index is 12.6. The summed E-state index contributed by atoms with van der Waals surface area (Å²) in [6.45, 7) is 3.69. The van der Waals surface area contributed by atoms with Crippen LogP contribution in [0, 0.1) is 0 Å². The number of nitrogens with zero attached hydrogens (tertiary/aromatic N) is 3. The first-order valence-corrected chi connectivity index (χ1v) is 4.50. The normalized spacial score (nSPS) is 12.1. The van der Waals surface area contributed by atoms with Gasteiger partial charge in [0.25, 0.3) is 0 Å². The van der Waals surface area contributed by atoms with Gasteiger partial charge in [0.05, 0.1) is 5.69 Å². The van der Waals surface area contributed by atoms with Crippen molar-refractivity contribution in [2.45, 2.75) is 39.4 Å². The highest BCUT2D eigenvalue weighted by molar-refractivity contribution is 5.13. The van der Waals surface area contributed by atoms with E-state index in [9.17, 15) is 13.2 Å². The Morgan fingerprint density at radius 1 is 1.29 bits per heavy atom. The van der Waals surface area contributed by atoms with Gasteiger partial charge in [-0.15, -0.1) is 5.10 Å². The minimum Gasteiger partial charge on any atom is -0.240 e. The van der Waals surface area contributed by atoms with Gasteiger partial charge in [0.2, 0.25) is 0 Å². The second-order valence-corrected chi connectivity index (χ2v) is 2.96. The summed E-state index contributed by atoms with van der Waals surface area (Å²) >= 11 is 0. The molecule has 0 fully saturated rings. The van der Waals surface area contributed by atoms with Gasteiger partial charge in [-0.2, -0.15) is 13.2 Å². The van der Waals surface area contributed by atoms with Crippen molar-refractivity contribution in [3.05, 3.63) is 11.4 Å². The van der Waals surface area contributed by atoms with Crippen molar-refractivity contribution in [1.82, 2.24) is 15.0 Å². The lowest BCUT2D eigenvalue weighted by molar-refractivity contribution is -0.144. The number of halogens is 3. The van der Waals surface area contributed by atoms with Crippen LogP contribution in [0.4, 0.5) is 13.2 Å². The van der Waals surface area contributed by atoms with E-state index in [1.807, 2.05) is 0 Å². The minimum atomic E-state index is -4.36. The fraction of sp³-hybridized carbons (Fsp3) is 0.750. The van der Waals surface area contributed by atoms with Crippen LogP contribution in [0.5, 0.6) is 0 Å². The summed E-state index contributed by atoms with van der Waals surface area (Å²) < 4.78 is 38.6. The topological polar surface area (TPSA) is 30.7 Å². The summed E-state index contributed by atoms with van der Waals surface area (Å²) in [6, 6.07) is 0. The Morgan fingerprint density at radius 2 is 1.93 bits per heavy atom. The Morgan fingerprint density at radius 3 is 2.36 bits per heavy atom. The Balaban J connectivity index is 3.13. The maximum atomic E-state index is 12.6. The largest absolute Gasteiger partial charge is 0.434 e. The lowest BCUT2D eigenvalue weighted by atomic mass is 10.2. The number of rotatable bonds is 3. The maximum Gasteiger partial charge on any atom is 0.434 e. The Labute approximate surface area is 79.9 Å². The minimum absolute atomic E-state index is 0.0194. The molecular formula is C8H12F3N3. The van der Waals surface area contributed by atoms with E-state index in [2.05, 4.69) is 10.3 Å². The van der Waals surface area contributed by atoms with E-state index in [1.165, 1.54) is 0 Å². The highest BCUT2D eigenvalue weighted by Crippen LogP contribution is 2.31. The smallest absolute Gasteiger partial charge is 0.240 e. The summed E-state index contributed by atoms with van der Waals surface area (Å²) in [6.07, 6.45) is -3.50. The van der Waals surface area contributed by atoms with E-state index in [0.717, 1.165) is 4.68 Å². The van der Waals surface area contributed by atoms with Crippen LogP contribution in [0.15, 0.2) is 0 Å². The highest BCUT2D eigenvalue weighted by Gasteiger charge is 2.38. The van der Waals surface area contributed by atoms with E-state index in [4.69, 9.17) is 0 Å². The Hall–Kier alpha value is -1.07. The number of hydrogen-bond donors (Lipinski definition) is 0. The molecule has 1 aromatic rings. The molecule has 0 N–H and O–H groups in total. The summed E-state index contributed by atoms with van der Waals surface area (Å²) in [5, 5.41) is 7.00. The third kappa shape index (κ3) is 2.05. The van der Waals surface area contributed by atoms with Gasteiger partial charge in [-0.3, -0.25) is 0 Å². The van der Waals surface area contributed by atoms with Crippen molar-refractivity contribution >= 4 is 0 Å². The first-order valence-electron chi connectivity index (χ1n) is 4.50. The van der Waals surface area contributed by atoms with Crippen LogP contribution >= 0.6 is 0 Å². The quantitative estimate of drug-likeness (QED) is 0.761. The standard InChI is InChI=1S/C8H12F3N3/c1-3-5-14-7(8(9,10)11)6(4-2)12-13-14/h3-5H2,1-2H3. The van der Waals surface area contributed by atoms with Crippen molar-refractivity contribution in [2.75, 3.05) is 0 Å². The van der Waals surface area contributed by atoms with Crippen LogP contribution < -0.4 is 0 Å². The third-order valence-electron chi connectivity index (χ3n) is 1.84. The molecule has 0 saturated carbocycles. The molecule has 0 aliphatic rings. The Bertz CT molecular complexity index is 303. The van der Waals surface area contributed by atoms with Crippen LogP contribution in [0.3, 0.4) is 0 Å². The molecule has 0 atom stereocenters. The highest BCUT2D eigenvalue weighted by atomic mass is 19.4. The van der Waals surface area contributed by atoms with Gasteiger partial charge >= 0.3 is 6.18 Å². The van der Waals surface area contributed by atoms with Gasteiger partial charge < -0.3 is 0 Å². The second kappa shape index (κ2) is 3.98. The SMILES string of the molecule is CCCn1nnc(CC)c1C(F)(F)F. The molecule has 80 valence electrons. The molecule has 14 heavy (non-hydrogen) atoms. The molecule has 0 spiro atoms. The van der Waals surface area contributed by atoms with Gasteiger partial charge in [0.1, 0.15) is 0 Å². The lowest BCUT2D eigenvalue weighted by Gasteiger charge is -2.09. The van der Waals surface area contributed by atoms with Gasteiger partial charge in [-0.25, -0.2) is 4.68 Å². The zero-order valence-electron chi connectivity index (χ0n) is 8.10. The van der Waals surface area contributed by atoms with Crippen molar-refractivity contribution < 1.29 is 13.2 Å². The summed E-state index contributed by atoms with van der Waals surface area (Å²) in [5.74, 6) is 0. The third-order valence-corrected chi connectivity index (χ3v) is 1.84. The van der Waals surface area contributed by atoms with E-state index in [-0.39, 0.29) is 18.7 Å². The first kappa shape index (κ1) is 11.0. The molecule has 1 heterocycles.